The monoisotopic (exact) mass is 382 g/mol. The number of benzene rings is 2. The predicted octanol–water partition coefficient (Wildman–Crippen LogP) is 3.92. The lowest BCUT2D eigenvalue weighted by molar-refractivity contribution is -0.134. The summed E-state index contributed by atoms with van der Waals surface area (Å²) in [6.45, 7) is 5.94. The van der Waals surface area contributed by atoms with Gasteiger partial charge in [0.15, 0.2) is 5.78 Å². The molecule has 2 aromatic carbocycles. The average molecular weight is 382 g/mol. The Kier molecular flexibility index (Phi) is 6.25. The summed E-state index contributed by atoms with van der Waals surface area (Å²) >= 11 is 0. The van der Waals surface area contributed by atoms with Crippen molar-refractivity contribution in [3.8, 4) is 0 Å². The first kappa shape index (κ1) is 20.2. The van der Waals surface area contributed by atoms with Crippen LogP contribution in [0.25, 0.3) is 0 Å². The quantitative estimate of drug-likeness (QED) is 0.736. The number of carbonyl (C=O) groups excluding carboxylic acids is 2. The van der Waals surface area contributed by atoms with Crippen molar-refractivity contribution in [1.82, 2.24) is 9.80 Å². The first-order chi connectivity index (χ1) is 13.3. The average Bonchev–Trinajstić information content (AvgIpc) is 2.69. The van der Waals surface area contributed by atoms with E-state index in [0.29, 0.717) is 18.7 Å². The SMILES string of the molecule is Cc1ccc(C(=O)CCC(=O)N2CCN(C)C(c3ccc(F)cc3)C2)cc1C. The zero-order valence-electron chi connectivity index (χ0n) is 16.7. The van der Waals surface area contributed by atoms with Gasteiger partial charge in [-0.3, -0.25) is 14.5 Å². The van der Waals surface area contributed by atoms with Crippen LogP contribution < -0.4 is 0 Å². The van der Waals surface area contributed by atoms with Crippen LogP contribution in [0.4, 0.5) is 4.39 Å². The Morgan fingerprint density at radius 1 is 1.00 bits per heavy atom. The Morgan fingerprint density at radius 3 is 2.39 bits per heavy atom. The van der Waals surface area contributed by atoms with Gasteiger partial charge in [-0.2, -0.15) is 0 Å². The molecule has 2 aromatic rings. The number of Topliss-reactive ketones (excluding diaryl/α,β-unsaturated/α-hetero) is 1. The molecule has 1 unspecified atom stereocenters. The summed E-state index contributed by atoms with van der Waals surface area (Å²) in [6, 6.07) is 12.1. The fourth-order valence-electron chi connectivity index (χ4n) is 3.58. The van der Waals surface area contributed by atoms with Gasteiger partial charge in [-0.25, -0.2) is 4.39 Å². The molecule has 0 saturated carbocycles. The zero-order valence-corrected chi connectivity index (χ0v) is 16.7. The Bertz CT molecular complexity index is 863. The van der Waals surface area contributed by atoms with Crippen molar-refractivity contribution >= 4 is 11.7 Å². The van der Waals surface area contributed by atoms with E-state index in [1.54, 1.807) is 12.1 Å². The van der Waals surface area contributed by atoms with Gasteiger partial charge in [0, 0.05) is 38.0 Å². The van der Waals surface area contributed by atoms with Crippen molar-refractivity contribution in [1.29, 1.82) is 0 Å². The largest absolute Gasteiger partial charge is 0.339 e. The van der Waals surface area contributed by atoms with Crippen molar-refractivity contribution in [3.63, 3.8) is 0 Å². The van der Waals surface area contributed by atoms with Gasteiger partial charge in [0.05, 0.1) is 6.04 Å². The number of halogens is 1. The highest BCUT2D eigenvalue weighted by atomic mass is 19.1. The van der Waals surface area contributed by atoms with E-state index >= 15 is 0 Å². The normalized spacial score (nSPS) is 17.6. The molecular weight excluding hydrogens is 355 g/mol. The molecule has 4 nitrogen and oxygen atoms in total. The fourth-order valence-corrected chi connectivity index (χ4v) is 3.58. The van der Waals surface area contributed by atoms with Crippen LogP contribution in [0, 0.1) is 19.7 Å². The number of hydrogen-bond acceptors (Lipinski definition) is 3. The maximum Gasteiger partial charge on any atom is 0.223 e. The molecule has 1 aliphatic heterocycles. The highest BCUT2D eigenvalue weighted by Gasteiger charge is 2.28. The third kappa shape index (κ3) is 4.65. The lowest BCUT2D eigenvalue weighted by atomic mass is 10.00. The summed E-state index contributed by atoms with van der Waals surface area (Å²) in [5, 5.41) is 0. The summed E-state index contributed by atoms with van der Waals surface area (Å²) in [4.78, 5) is 29.1. The highest BCUT2D eigenvalue weighted by Crippen LogP contribution is 2.25. The molecule has 0 bridgehead atoms. The van der Waals surface area contributed by atoms with Gasteiger partial charge in [0.2, 0.25) is 5.91 Å². The van der Waals surface area contributed by atoms with Gasteiger partial charge in [0.1, 0.15) is 5.82 Å². The van der Waals surface area contributed by atoms with Crippen LogP contribution in [-0.4, -0.2) is 48.2 Å². The summed E-state index contributed by atoms with van der Waals surface area (Å²) in [6.07, 6.45) is 0.431. The van der Waals surface area contributed by atoms with E-state index in [-0.39, 0.29) is 36.4 Å². The lowest BCUT2D eigenvalue weighted by Crippen LogP contribution is -2.49. The van der Waals surface area contributed by atoms with Crippen LogP contribution >= 0.6 is 0 Å². The molecular formula is C23H27FN2O2. The van der Waals surface area contributed by atoms with Crippen LogP contribution in [-0.2, 0) is 4.79 Å². The molecule has 0 spiro atoms. The van der Waals surface area contributed by atoms with Crippen LogP contribution in [0.3, 0.4) is 0 Å². The highest BCUT2D eigenvalue weighted by molar-refractivity contribution is 5.98. The van der Waals surface area contributed by atoms with E-state index < -0.39 is 0 Å². The van der Waals surface area contributed by atoms with Crippen molar-refractivity contribution in [2.75, 3.05) is 26.7 Å². The first-order valence-corrected chi connectivity index (χ1v) is 9.69. The standard InChI is InChI=1S/C23H27FN2O2/c1-16-4-5-19(14-17(16)2)22(27)10-11-23(28)26-13-12-25(3)21(15-26)18-6-8-20(24)9-7-18/h4-9,14,21H,10-13,15H2,1-3H3. The van der Waals surface area contributed by atoms with Crippen LogP contribution in [0.2, 0.25) is 0 Å². The Labute approximate surface area is 166 Å². The number of carbonyl (C=O) groups is 2. The van der Waals surface area contributed by atoms with Gasteiger partial charge >= 0.3 is 0 Å². The number of aryl methyl sites for hydroxylation is 2. The molecule has 1 atom stereocenters. The molecule has 1 saturated heterocycles. The van der Waals surface area contributed by atoms with E-state index in [1.807, 2.05) is 44.0 Å². The third-order valence-corrected chi connectivity index (χ3v) is 5.65. The summed E-state index contributed by atoms with van der Waals surface area (Å²) in [5.41, 5.74) is 3.89. The zero-order chi connectivity index (χ0) is 20.3. The molecule has 1 heterocycles. The van der Waals surface area contributed by atoms with Crippen LogP contribution in [0.15, 0.2) is 42.5 Å². The van der Waals surface area contributed by atoms with E-state index in [9.17, 15) is 14.0 Å². The summed E-state index contributed by atoms with van der Waals surface area (Å²) in [5.74, 6) is -0.266. The van der Waals surface area contributed by atoms with E-state index in [2.05, 4.69) is 4.90 Å². The van der Waals surface area contributed by atoms with Crippen molar-refractivity contribution < 1.29 is 14.0 Å². The van der Waals surface area contributed by atoms with Crippen LogP contribution in [0.1, 0.15) is 45.9 Å². The second-order valence-electron chi connectivity index (χ2n) is 7.61. The molecule has 0 aliphatic carbocycles. The summed E-state index contributed by atoms with van der Waals surface area (Å²) in [7, 11) is 2.01. The van der Waals surface area contributed by atoms with E-state index in [0.717, 1.165) is 23.2 Å². The smallest absolute Gasteiger partial charge is 0.223 e. The minimum absolute atomic E-state index is 0.000613. The molecule has 148 valence electrons. The molecule has 28 heavy (non-hydrogen) atoms. The molecule has 1 fully saturated rings. The number of rotatable bonds is 5. The molecule has 1 amide bonds. The number of piperazine rings is 1. The second-order valence-corrected chi connectivity index (χ2v) is 7.61. The summed E-state index contributed by atoms with van der Waals surface area (Å²) < 4.78 is 13.2. The molecule has 0 aromatic heterocycles. The maximum atomic E-state index is 13.2. The molecule has 0 radical (unpaired) electrons. The van der Waals surface area contributed by atoms with Crippen molar-refractivity contribution in [3.05, 3.63) is 70.5 Å². The van der Waals surface area contributed by atoms with Gasteiger partial charge in [0.25, 0.3) is 0 Å². The van der Waals surface area contributed by atoms with E-state index in [1.165, 1.54) is 12.1 Å². The fraction of sp³-hybridized carbons (Fsp3) is 0.391. The Morgan fingerprint density at radius 2 is 1.71 bits per heavy atom. The Balaban J connectivity index is 1.60. The molecule has 1 aliphatic rings. The van der Waals surface area contributed by atoms with Gasteiger partial charge in [-0.05, 0) is 55.8 Å². The molecule has 5 heteroatoms. The topological polar surface area (TPSA) is 40.6 Å². The number of amides is 1. The van der Waals surface area contributed by atoms with Crippen molar-refractivity contribution in [2.45, 2.75) is 32.7 Å². The van der Waals surface area contributed by atoms with Gasteiger partial charge in [-0.1, -0.05) is 24.3 Å². The second kappa shape index (κ2) is 8.65. The Hall–Kier alpha value is -2.53. The predicted molar refractivity (Wildman–Crippen MR) is 108 cm³/mol. The van der Waals surface area contributed by atoms with Gasteiger partial charge in [-0.15, -0.1) is 0 Å². The number of hydrogen-bond donors (Lipinski definition) is 0. The number of likely N-dealkylation sites (N-methyl/N-ethyl adjacent to an activating group) is 1. The third-order valence-electron chi connectivity index (χ3n) is 5.65. The van der Waals surface area contributed by atoms with E-state index in [4.69, 9.17) is 0 Å². The number of ketones is 1. The maximum absolute atomic E-state index is 13.2. The first-order valence-electron chi connectivity index (χ1n) is 9.69. The minimum atomic E-state index is -0.264. The minimum Gasteiger partial charge on any atom is -0.339 e. The molecule has 3 rings (SSSR count). The molecule has 0 N–H and O–H groups in total. The number of nitrogens with zero attached hydrogens (tertiary/aromatic N) is 2. The van der Waals surface area contributed by atoms with Crippen LogP contribution in [0.5, 0.6) is 0 Å². The lowest BCUT2D eigenvalue weighted by Gasteiger charge is -2.39. The van der Waals surface area contributed by atoms with Crippen molar-refractivity contribution in [2.24, 2.45) is 0 Å². The van der Waals surface area contributed by atoms with Gasteiger partial charge < -0.3 is 4.90 Å².